The highest BCUT2D eigenvalue weighted by atomic mass is 32.2. The van der Waals surface area contributed by atoms with Crippen molar-refractivity contribution in [2.45, 2.75) is 11.5 Å². The lowest BCUT2D eigenvalue weighted by Gasteiger charge is -2.08. The zero-order valence-electron chi connectivity index (χ0n) is 10.3. The number of rotatable bonds is 4. The minimum absolute atomic E-state index is 0.279. The number of nitrogens with zero attached hydrogens (tertiary/aromatic N) is 2. The second-order valence-corrected chi connectivity index (χ2v) is 4.58. The summed E-state index contributed by atoms with van der Waals surface area (Å²) < 4.78 is 6.79. The summed E-state index contributed by atoms with van der Waals surface area (Å²) in [4.78, 5) is 12.9. The first-order valence-corrected chi connectivity index (χ1v) is 6.72. The van der Waals surface area contributed by atoms with Crippen molar-refractivity contribution in [2.24, 2.45) is 7.05 Å². The van der Waals surface area contributed by atoms with Gasteiger partial charge in [-0.2, -0.15) is 5.10 Å². The molecule has 0 unspecified atom stereocenters. The van der Waals surface area contributed by atoms with Gasteiger partial charge in [0.25, 0.3) is 0 Å². The number of ether oxygens (including phenoxy) is 1. The van der Waals surface area contributed by atoms with Crippen LogP contribution in [-0.4, -0.2) is 22.0 Å². The van der Waals surface area contributed by atoms with E-state index >= 15 is 0 Å². The summed E-state index contributed by atoms with van der Waals surface area (Å²) in [6.07, 6.45) is 3.58. The molecule has 1 aromatic heterocycles. The quantitative estimate of drug-likeness (QED) is 0.627. The van der Waals surface area contributed by atoms with Gasteiger partial charge in [0, 0.05) is 23.7 Å². The van der Waals surface area contributed by atoms with Crippen LogP contribution in [0, 0.1) is 0 Å². The summed E-state index contributed by atoms with van der Waals surface area (Å²) in [6, 6.07) is 9.52. The van der Waals surface area contributed by atoms with Crippen molar-refractivity contribution in [3.05, 3.63) is 47.8 Å². The lowest BCUT2D eigenvalue weighted by Crippen LogP contribution is -2.10. The van der Waals surface area contributed by atoms with E-state index < -0.39 is 0 Å². The lowest BCUT2D eigenvalue weighted by molar-refractivity contribution is 0.0457. The maximum Gasteiger partial charge on any atom is 0.356 e. The molecule has 0 amide bonds. The fraction of sp³-hybridized carbons (Fsp3) is 0.231. The average Bonchev–Trinajstić information content (AvgIpc) is 2.82. The van der Waals surface area contributed by atoms with Crippen LogP contribution in [0.1, 0.15) is 16.1 Å². The van der Waals surface area contributed by atoms with Crippen molar-refractivity contribution in [2.75, 3.05) is 6.26 Å². The van der Waals surface area contributed by atoms with Gasteiger partial charge in [-0.1, -0.05) is 18.2 Å². The second kappa shape index (κ2) is 5.73. The van der Waals surface area contributed by atoms with Crippen LogP contribution in [-0.2, 0) is 18.4 Å². The third-order valence-electron chi connectivity index (χ3n) is 2.58. The average molecular weight is 262 g/mol. The monoisotopic (exact) mass is 262 g/mol. The summed E-state index contributed by atoms with van der Waals surface area (Å²) in [7, 11) is 1.71. The van der Waals surface area contributed by atoms with E-state index in [0.29, 0.717) is 5.69 Å². The molecule has 2 rings (SSSR count). The van der Waals surface area contributed by atoms with Crippen LogP contribution < -0.4 is 0 Å². The molecule has 0 atom stereocenters. The minimum Gasteiger partial charge on any atom is -0.456 e. The highest BCUT2D eigenvalue weighted by Gasteiger charge is 2.12. The van der Waals surface area contributed by atoms with Crippen LogP contribution in [0.5, 0.6) is 0 Å². The van der Waals surface area contributed by atoms with Gasteiger partial charge in [-0.3, -0.25) is 4.68 Å². The van der Waals surface area contributed by atoms with Gasteiger partial charge in [0.1, 0.15) is 12.3 Å². The Morgan fingerprint density at radius 2 is 2.17 bits per heavy atom. The summed E-state index contributed by atoms with van der Waals surface area (Å²) in [5.74, 6) is -0.356. The Hall–Kier alpha value is -1.75. The summed E-state index contributed by atoms with van der Waals surface area (Å²) in [5, 5.41) is 3.94. The second-order valence-electron chi connectivity index (χ2n) is 3.73. The molecular formula is C13H14N2O2S. The van der Waals surface area contributed by atoms with Gasteiger partial charge in [-0.05, 0) is 18.4 Å². The molecule has 5 heteroatoms. The van der Waals surface area contributed by atoms with E-state index in [1.54, 1.807) is 31.1 Å². The Labute approximate surface area is 110 Å². The standard InChI is InChI=1S/C13H14N2O2S/c1-15-11(7-8-14-15)13(16)17-9-10-5-3-4-6-12(10)18-2/h3-8H,9H2,1-2H3. The van der Waals surface area contributed by atoms with Crippen LogP contribution in [0.25, 0.3) is 0 Å². The van der Waals surface area contributed by atoms with Crippen LogP contribution in [0.15, 0.2) is 41.4 Å². The SMILES string of the molecule is CSc1ccccc1COC(=O)c1ccnn1C. The predicted molar refractivity (Wildman–Crippen MR) is 70.6 cm³/mol. The third kappa shape index (κ3) is 2.73. The van der Waals surface area contributed by atoms with Crippen molar-refractivity contribution in [3.63, 3.8) is 0 Å². The Morgan fingerprint density at radius 3 is 2.83 bits per heavy atom. The summed E-state index contributed by atoms with van der Waals surface area (Å²) in [6.45, 7) is 0.279. The first-order valence-electron chi connectivity index (χ1n) is 5.49. The topological polar surface area (TPSA) is 44.1 Å². The van der Waals surface area contributed by atoms with Gasteiger partial charge in [-0.15, -0.1) is 11.8 Å². The van der Waals surface area contributed by atoms with Gasteiger partial charge in [0.2, 0.25) is 0 Å². The molecule has 0 fully saturated rings. The van der Waals surface area contributed by atoms with E-state index in [2.05, 4.69) is 5.10 Å². The van der Waals surface area contributed by atoms with E-state index in [0.717, 1.165) is 10.5 Å². The fourth-order valence-corrected chi connectivity index (χ4v) is 2.22. The van der Waals surface area contributed by atoms with Crippen molar-refractivity contribution in [1.29, 1.82) is 0 Å². The van der Waals surface area contributed by atoms with Crippen molar-refractivity contribution < 1.29 is 9.53 Å². The molecular weight excluding hydrogens is 248 g/mol. The van der Waals surface area contributed by atoms with Crippen LogP contribution in [0.3, 0.4) is 0 Å². The highest BCUT2D eigenvalue weighted by molar-refractivity contribution is 7.98. The first kappa shape index (κ1) is 12.7. The number of benzene rings is 1. The Balaban J connectivity index is 2.04. The molecule has 4 nitrogen and oxygen atoms in total. The van der Waals surface area contributed by atoms with Gasteiger partial charge in [0.05, 0.1) is 0 Å². The number of esters is 1. The summed E-state index contributed by atoms with van der Waals surface area (Å²) in [5.41, 5.74) is 1.47. The van der Waals surface area contributed by atoms with Gasteiger partial charge in [-0.25, -0.2) is 4.79 Å². The van der Waals surface area contributed by atoms with E-state index in [1.165, 1.54) is 4.68 Å². The van der Waals surface area contributed by atoms with E-state index in [4.69, 9.17) is 4.74 Å². The van der Waals surface area contributed by atoms with Crippen LogP contribution in [0.2, 0.25) is 0 Å². The van der Waals surface area contributed by atoms with Gasteiger partial charge < -0.3 is 4.74 Å². The number of carbonyl (C=O) groups excluding carboxylic acids is 1. The third-order valence-corrected chi connectivity index (χ3v) is 3.42. The van der Waals surface area contributed by atoms with Gasteiger partial charge >= 0.3 is 5.97 Å². The molecule has 0 saturated heterocycles. The Kier molecular flexibility index (Phi) is 4.04. The minimum atomic E-state index is -0.356. The number of hydrogen-bond acceptors (Lipinski definition) is 4. The van der Waals surface area contributed by atoms with E-state index in [-0.39, 0.29) is 12.6 Å². The normalized spacial score (nSPS) is 10.3. The molecule has 0 aliphatic carbocycles. The van der Waals surface area contributed by atoms with Crippen LogP contribution >= 0.6 is 11.8 Å². The van der Waals surface area contributed by atoms with Gasteiger partial charge in [0.15, 0.2) is 0 Å². The Bertz CT molecular complexity index is 551. The lowest BCUT2D eigenvalue weighted by atomic mass is 10.2. The maximum atomic E-state index is 11.8. The molecule has 0 radical (unpaired) electrons. The zero-order chi connectivity index (χ0) is 13.0. The predicted octanol–water partition coefficient (Wildman–Crippen LogP) is 2.50. The van der Waals surface area contributed by atoms with Crippen molar-refractivity contribution >= 4 is 17.7 Å². The number of aryl methyl sites for hydroxylation is 1. The number of carbonyl (C=O) groups is 1. The fourth-order valence-electron chi connectivity index (χ4n) is 1.61. The number of aromatic nitrogens is 2. The first-order chi connectivity index (χ1) is 8.72. The molecule has 0 N–H and O–H groups in total. The number of thioether (sulfide) groups is 1. The Morgan fingerprint density at radius 1 is 1.39 bits per heavy atom. The maximum absolute atomic E-state index is 11.8. The van der Waals surface area contributed by atoms with Crippen molar-refractivity contribution in [3.8, 4) is 0 Å². The molecule has 18 heavy (non-hydrogen) atoms. The molecule has 1 heterocycles. The smallest absolute Gasteiger partial charge is 0.356 e. The van der Waals surface area contributed by atoms with Crippen LogP contribution in [0.4, 0.5) is 0 Å². The summed E-state index contributed by atoms with van der Waals surface area (Å²) >= 11 is 1.64. The molecule has 0 aliphatic rings. The zero-order valence-corrected chi connectivity index (χ0v) is 11.1. The number of hydrogen-bond donors (Lipinski definition) is 0. The van der Waals surface area contributed by atoms with Crippen molar-refractivity contribution in [1.82, 2.24) is 9.78 Å². The van der Waals surface area contributed by atoms with E-state index in [1.807, 2.05) is 30.5 Å². The molecule has 1 aromatic carbocycles. The molecule has 0 aliphatic heterocycles. The molecule has 94 valence electrons. The molecule has 2 aromatic rings. The molecule has 0 spiro atoms. The largest absolute Gasteiger partial charge is 0.456 e. The molecule has 0 bridgehead atoms. The highest BCUT2D eigenvalue weighted by Crippen LogP contribution is 2.20. The molecule has 0 saturated carbocycles. The van der Waals surface area contributed by atoms with E-state index in [9.17, 15) is 4.79 Å².